The summed E-state index contributed by atoms with van der Waals surface area (Å²) < 4.78 is 1.55. The van der Waals surface area contributed by atoms with Gasteiger partial charge < -0.3 is 5.32 Å². The fourth-order valence-electron chi connectivity index (χ4n) is 3.10. The summed E-state index contributed by atoms with van der Waals surface area (Å²) in [6.07, 6.45) is 0.276. The zero-order valence-electron chi connectivity index (χ0n) is 16.7. The normalized spacial score (nSPS) is 10.7. The third-order valence-electron chi connectivity index (χ3n) is 4.72. The number of nitrogens with zero attached hydrogens (tertiary/aromatic N) is 3. The quantitative estimate of drug-likeness (QED) is 0.344. The molecule has 0 saturated heterocycles. The number of benzene rings is 2. The Hall–Kier alpha value is -3.41. The molecule has 1 amide bonds. The van der Waals surface area contributed by atoms with Crippen LogP contribution in [0.1, 0.15) is 12.0 Å². The van der Waals surface area contributed by atoms with Crippen molar-refractivity contribution in [3.05, 3.63) is 75.9 Å². The number of hydrogen-bond donors (Lipinski definition) is 1. The Morgan fingerprint density at radius 2 is 1.94 bits per heavy atom. The molecule has 2 aromatic carbocycles. The van der Waals surface area contributed by atoms with Crippen molar-refractivity contribution in [1.29, 1.82) is 5.26 Å². The fraction of sp³-hybridized carbons (Fsp3) is 0.130. The molecule has 0 atom stereocenters. The second-order valence-electron chi connectivity index (χ2n) is 6.79. The number of thiophene rings is 1. The maximum atomic E-state index is 13.0. The lowest BCUT2D eigenvalue weighted by molar-refractivity contribution is -0.115. The minimum atomic E-state index is -0.134. The predicted octanol–water partition coefficient (Wildman–Crippen LogP) is 4.65. The molecule has 1 N–H and O–H groups in total. The minimum absolute atomic E-state index is 0.0883. The molecule has 0 aliphatic carbocycles. The van der Waals surface area contributed by atoms with E-state index in [-0.39, 0.29) is 17.9 Å². The van der Waals surface area contributed by atoms with E-state index in [1.54, 1.807) is 35.9 Å². The maximum absolute atomic E-state index is 13.0. The van der Waals surface area contributed by atoms with Crippen molar-refractivity contribution in [3.63, 3.8) is 0 Å². The molecule has 0 spiro atoms. The summed E-state index contributed by atoms with van der Waals surface area (Å²) in [6.45, 7) is 0. The molecule has 4 rings (SSSR count). The average Bonchev–Trinajstić information content (AvgIpc) is 3.22. The summed E-state index contributed by atoms with van der Waals surface area (Å²) in [4.78, 5) is 30.6. The Kier molecular flexibility index (Phi) is 6.16. The molecular weight excluding hydrogens is 428 g/mol. The van der Waals surface area contributed by atoms with Crippen molar-refractivity contribution in [2.45, 2.75) is 11.6 Å². The van der Waals surface area contributed by atoms with Gasteiger partial charge in [0.2, 0.25) is 5.91 Å². The summed E-state index contributed by atoms with van der Waals surface area (Å²) in [6, 6.07) is 18.6. The Bertz CT molecular complexity index is 1340. The smallest absolute Gasteiger partial charge is 0.263 e. The molecule has 0 bridgehead atoms. The van der Waals surface area contributed by atoms with Gasteiger partial charge in [-0.2, -0.15) is 5.26 Å². The molecule has 0 fully saturated rings. The van der Waals surface area contributed by atoms with E-state index >= 15 is 0 Å². The van der Waals surface area contributed by atoms with Crippen LogP contribution in [0.15, 0.2) is 69.9 Å². The van der Waals surface area contributed by atoms with Gasteiger partial charge in [0.25, 0.3) is 5.56 Å². The van der Waals surface area contributed by atoms with Gasteiger partial charge in [0.05, 0.1) is 17.0 Å². The van der Waals surface area contributed by atoms with Crippen LogP contribution in [-0.4, -0.2) is 21.2 Å². The van der Waals surface area contributed by atoms with Crippen LogP contribution in [0.25, 0.3) is 21.3 Å². The highest BCUT2D eigenvalue weighted by Gasteiger charge is 2.16. The molecule has 2 aromatic heterocycles. The van der Waals surface area contributed by atoms with Crippen LogP contribution in [0.5, 0.6) is 0 Å². The molecule has 6 nitrogen and oxygen atoms in total. The molecular formula is C23H18N4O2S2. The number of fused-ring (bicyclic) bond motifs is 1. The molecule has 0 aliphatic rings. The number of nitriles is 1. The van der Waals surface area contributed by atoms with E-state index < -0.39 is 0 Å². The SMILES string of the molecule is Cn1c(SCCC(=O)Nc2ccc(C#N)cc2)nc2scc(-c3ccccc3)c2c1=O. The Morgan fingerprint density at radius 1 is 1.19 bits per heavy atom. The van der Waals surface area contributed by atoms with Gasteiger partial charge in [-0.1, -0.05) is 42.1 Å². The summed E-state index contributed by atoms with van der Waals surface area (Å²) in [7, 11) is 1.71. The topological polar surface area (TPSA) is 87.8 Å². The van der Waals surface area contributed by atoms with Gasteiger partial charge in [0.15, 0.2) is 5.16 Å². The zero-order valence-corrected chi connectivity index (χ0v) is 18.3. The van der Waals surface area contributed by atoms with E-state index in [1.807, 2.05) is 41.8 Å². The fourth-order valence-corrected chi connectivity index (χ4v) is 5.00. The molecule has 0 saturated carbocycles. The highest BCUT2D eigenvalue weighted by atomic mass is 32.2. The van der Waals surface area contributed by atoms with E-state index in [1.165, 1.54) is 23.1 Å². The molecule has 2 heterocycles. The number of hydrogen-bond acceptors (Lipinski definition) is 6. The van der Waals surface area contributed by atoms with E-state index in [0.717, 1.165) is 11.1 Å². The molecule has 0 radical (unpaired) electrons. The Morgan fingerprint density at radius 3 is 2.65 bits per heavy atom. The van der Waals surface area contributed by atoms with Crippen LogP contribution in [0.3, 0.4) is 0 Å². The molecule has 0 unspecified atom stereocenters. The van der Waals surface area contributed by atoms with E-state index in [2.05, 4.69) is 10.3 Å². The van der Waals surface area contributed by atoms with E-state index in [0.29, 0.717) is 32.4 Å². The first-order chi connectivity index (χ1) is 15.1. The van der Waals surface area contributed by atoms with Crippen LogP contribution >= 0.6 is 23.1 Å². The number of carbonyl (C=O) groups is 1. The van der Waals surface area contributed by atoms with Crippen LogP contribution in [-0.2, 0) is 11.8 Å². The van der Waals surface area contributed by atoms with Crippen LogP contribution < -0.4 is 10.9 Å². The molecule has 31 heavy (non-hydrogen) atoms. The van der Waals surface area contributed by atoms with E-state index in [4.69, 9.17) is 5.26 Å². The summed E-state index contributed by atoms with van der Waals surface area (Å²) in [5, 5.41) is 14.8. The number of nitrogens with one attached hydrogen (secondary N) is 1. The number of amides is 1. The summed E-state index contributed by atoms with van der Waals surface area (Å²) >= 11 is 2.83. The Labute approximate surface area is 187 Å². The third-order valence-corrected chi connectivity index (χ3v) is 6.62. The second kappa shape index (κ2) is 9.16. The number of rotatable bonds is 6. The highest BCUT2D eigenvalue weighted by molar-refractivity contribution is 7.99. The van der Waals surface area contributed by atoms with Gasteiger partial charge in [-0.25, -0.2) is 4.98 Å². The highest BCUT2D eigenvalue weighted by Crippen LogP contribution is 2.31. The van der Waals surface area contributed by atoms with Crippen molar-refractivity contribution in [1.82, 2.24) is 9.55 Å². The molecule has 4 aromatic rings. The van der Waals surface area contributed by atoms with E-state index in [9.17, 15) is 9.59 Å². The lowest BCUT2D eigenvalue weighted by Gasteiger charge is -2.08. The third kappa shape index (κ3) is 4.53. The molecule has 154 valence electrons. The van der Waals surface area contributed by atoms with Gasteiger partial charge in [-0.05, 0) is 29.8 Å². The van der Waals surface area contributed by atoms with Crippen LogP contribution in [0.4, 0.5) is 5.69 Å². The first kappa shape index (κ1) is 20.8. The standard InChI is InChI=1S/C23H18N4O2S2/c1-27-22(29)20-18(16-5-3-2-4-6-16)14-31-21(20)26-23(27)30-12-11-19(28)25-17-9-7-15(13-24)8-10-17/h2-10,14H,11-12H2,1H3,(H,25,28). The van der Waals surface area contributed by atoms with Crippen molar-refractivity contribution < 1.29 is 4.79 Å². The minimum Gasteiger partial charge on any atom is -0.326 e. The first-order valence-electron chi connectivity index (χ1n) is 9.53. The van der Waals surface area contributed by atoms with Crippen molar-refractivity contribution in [2.24, 2.45) is 7.05 Å². The van der Waals surface area contributed by atoms with Crippen molar-refractivity contribution >= 4 is 44.9 Å². The molecule has 8 heteroatoms. The summed E-state index contributed by atoms with van der Waals surface area (Å²) in [5.41, 5.74) is 2.99. The van der Waals surface area contributed by atoms with Gasteiger partial charge in [0.1, 0.15) is 4.83 Å². The summed E-state index contributed by atoms with van der Waals surface area (Å²) in [5.74, 6) is 0.357. The van der Waals surface area contributed by atoms with Crippen LogP contribution in [0.2, 0.25) is 0 Å². The monoisotopic (exact) mass is 446 g/mol. The number of thioether (sulfide) groups is 1. The number of aromatic nitrogens is 2. The molecule has 0 aliphatic heterocycles. The average molecular weight is 447 g/mol. The maximum Gasteiger partial charge on any atom is 0.263 e. The van der Waals surface area contributed by atoms with Crippen molar-refractivity contribution in [2.75, 3.05) is 11.1 Å². The largest absolute Gasteiger partial charge is 0.326 e. The van der Waals surface area contributed by atoms with Crippen LogP contribution in [0, 0.1) is 11.3 Å². The van der Waals surface area contributed by atoms with Crippen molar-refractivity contribution in [3.8, 4) is 17.2 Å². The number of anilines is 1. The first-order valence-corrected chi connectivity index (χ1v) is 11.4. The lowest BCUT2D eigenvalue weighted by atomic mass is 10.1. The van der Waals surface area contributed by atoms with Gasteiger partial charge in [0, 0.05) is 35.9 Å². The van der Waals surface area contributed by atoms with Gasteiger partial charge >= 0.3 is 0 Å². The lowest BCUT2D eigenvalue weighted by Crippen LogP contribution is -2.20. The van der Waals surface area contributed by atoms with Gasteiger partial charge in [-0.3, -0.25) is 14.2 Å². The predicted molar refractivity (Wildman–Crippen MR) is 125 cm³/mol. The Balaban J connectivity index is 1.45. The van der Waals surface area contributed by atoms with Gasteiger partial charge in [-0.15, -0.1) is 11.3 Å². The zero-order chi connectivity index (χ0) is 21.8. The second-order valence-corrected chi connectivity index (χ2v) is 8.71. The number of carbonyl (C=O) groups excluding carboxylic acids is 1.